The van der Waals surface area contributed by atoms with E-state index in [4.69, 9.17) is 13.0 Å². The van der Waals surface area contributed by atoms with Gasteiger partial charge < -0.3 is 15.2 Å². The first-order chi connectivity index (χ1) is 11.4. The fourth-order valence-corrected chi connectivity index (χ4v) is 1.68. The van der Waals surface area contributed by atoms with Crippen molar-refractivity contribution in [1.82, 2.24) is 5.32 Å². The average Bonchev–Trinajstić information content (AvgIpc) is 2.51. The Morgan fingerprint density at radius 3 is 3.00 bits per heavy atom. The first kappa shape index (κ1) is 7.88. The molecule has 2 unspecified atom stereocenters. The molecule has 2 aromatic carbocycles. The van der Waals surface area contributed by atoms with Gasteiger partial charge in [0.15, 0.2) is 0 Å². The maximum atomic E-state index is 10.2. The molecule has 19 heavy (non-hydrogen) atoms. The fraction of sp³-hybridized carbons (Fsp3) is 0.375. The van der Waals surface area contributed by atoms with E-state index in [0.29, 0.717) is 5.39 Å². The van der Waals surface area contributed by atoms with E-state index >= 15 is 0 Å². The molecule has 0 bridgehead atoms. The molecule has 2 N–H and O–H groups in total. The molecule has 102 valence electrons. The third-order valence-electron chi connectivity index (χ3n) is 2.60. The van der Waals surface area contributed by atoms with Crippen LogP contribution in [0.3, 0.4) is 0 Å². The third-order valence-corrected chi connectivity index (χ3v) is 2.60. The molecule has 0 amide bonds. The summed E-state index contributed by atoms with van der Waals surface area (Å²) >= 11 is 0. The van der Waals surface area contributed by atoms with E-state index < -0.39 is 32.1 Å². The summed E-state index contributed by atoms with van der Waals surface area (Å²) in [4.78, 5) is 0. The Morgan fingerprint density at radius 2 is 2.16 bits per heavy atom. The van der Waals surface area contributed by atoms with E-state index in [1.54, 1.807) is 24.3 Å². The maximum Gasteiger partial charge on any atom is 0.127 e. The molecule has 0 radical (unpaired) electrons. The van der Waals surface area contributed by atoms with Crippen LogP contribution in [0.2, 0.25) is 0 Å². The van der Waals surface area contributed by atoms with Crippen LogP contribution in [-0.4, -0.2) is 30.3 Å². The van der Waals surface area contributed by atoms with E-state index in [1.165, 1.54) is 6.92 Å². The summed E-state index contributed by atoms with van der Waals surface area (Å²) in [5.41, 5.74) is 0. The molecule has 2 rings (SSSR count). The van der Waals surface area contributed by atoms with Crippen LogP contribution in [0, 0.1) is 0 Å². The lowest BCUT2D eigenvalue weighted by Crippen LogP contribution is -2.35. The number of rotatable bonds is 6. The highest BCUT2D eigenvalue weighted by Crippen LogP contribution is 2.25. The second-order valence-corrected chi connectivity index (χ2v) is 4.23. The highest BCUT2D eigenvalue weighted by atomic mass is 16.5. The zero-order chi connectivity index (χ0) is 18.9. The van der Waals surface area contributed by atoms with Gasteiger partial charge in [0.1, 0.15) is 18.4 Å². The molecule has 0 aromatic heterocycles. The minimum atomic E-state index is -2.77. The molecule has 2 atom stereocenters. The first-order valence-corrected chi connectivity index (χ1v) is 6.07. The molecule has 0 aliphatic rings. The molecule has 0 heterocycles. The molecular weight excluding hydrogens is 238 g/mol. The van der Waals surface area contributed by atoms with Crippen molar-refractivity contribution in [3.63, 3.8) is 0 Å². The zero-order valence-electron chi connectivity index (χ0n) is 16.7. The number of hydrogen-bond acceptors (Lipinski definition) is 3. The quantitative estimate of drug-likeness (QED) is 0.843. The van der Waals surface area contributed by atoms with Crippen LogP contribution in [0.1, 0.15) is 22.0 Å². The van der Waals surface area contributed by atoms with Gasteiger partial charge >= 0.3 is 0 Å². The molecule has 0 aliphatic carbocycles. The minimum Gasteiger partial charge on any atom is -0.490 e. The van der Waals surface area contributed by atoms with E-state index in [0.717, 1.165) is 5.39 Å². The summed E-state index contributed by atoms with van der Waals surface area (Å²) < 4.78 is 51.0. The summed E-state index contributed by atoms with van der Waals surface area (Å²) in [6, 6.07) is 11.3. The highest BCUT2D eigenvalue weighted by molar-refractivity contribution is 5.88. The second kappa shape index (κ2) is 6.55. The van der Waals surface area contributed by atoms with E-state index in [2.05, 4.69) is 5.32 Å². The second-order valence-electron chi connectivity index (χ2n) is 4.23. The van der Waals surface area contributed by atoms with Crippen LogP contribution in [0.4, 0.5) is 0 Å². The Morgan fingerprint density at radius 1 is 1.37 bits per heavy atom. The minimum absolute atomic E-state index is 0.192. The number of fused-ring (bicyclic) bond motifs is 1. The summed E-state index contributed by atoms with van der Waals surface area (Å²) in [7, 11) is 0. The Balaban J connectivity index is 2.18. The zero-order valence-corrected chi connectivity index (χ0v) is 10.7. The first-order valence-electron chi connectivity index (χ1n) is 9.07. The molecule has 0 fully saturated rings. The molecular formula is C16H21NO2. The monoisotopic (exact) mass is 265 g/mol. The summed E-state index contributed by atoms with van der Waals surface area (Å²) in [6.07, 6.45) is -2.69. The number of aliphatic hydroxyl groups is 1. The Kier molecular flexibility index (Phi) is 2.71. The van der Waals surface area contributed by atoms with Crippen molar-refractivity contribution in [2.75, 3.05) is 13.1 Å². The third kappa shape index (κ3) is 3.94. The van der Waals surface area contributed by atoms with Gasteiger partial charge in [-0.15, -0.1) is 0 Å². The van der Waals surface area contributed by atoms with Crippen molar-refractivity contribution >= 4 is 10.8 Å². The van der Waals surface area contributed by atoms with E-state index in [1.807, 2.05) is 18.2 Å². The van der Waals surface area contributed by atoms with Crippen LogP contribution in [0.5, 0.6) is 5.75 Å². The molecule has 0 saturated heterocycles. The van der Waals surface area contributed by atoms with Crippen molar-refractivity contribution in [1.29, 1.82) is 0 Å². The largest absolute Gasteiger partial charge is 0.490 e. The van der Waals surface area contributed by atoms with Crippen LogP contribution in [0.15, 0.2) is 42.5 Å². The number of ether oxygens (including phenoxy) is 1. The van der Waals surface area contributed by atoms with Crippen molar-refractivity contribution in [3.8, 4) is 5.75 Å². The van der Waals surface area contributed by atoms with Gasteiger partial charge in [0.25, 0.3) is 0 Å². The smallest absolute Gasteiger partial charge is 0.127 e. The maximum absolute atomic E-state index is 10.2. The van der Waals surface area contributed by atoms with Crippen LogP contribution in [0.25, 0.3) is 10.8 Å². The Labute approximate surface area is 122 Å². The predicted molar refractivity (Wildman–Crippen MR) is 78.6 cm³/mol. The van der Waals surface area contributed by atoms with Gasteiger partial charge in [0, 0.05) is 22.1 Å². The SMILES string of the molecule is [2H]C([2H])([2H])C(C)NCC([2H])(O)C([2H])([2H])Oc1cccc2ccccc12. The predicted octanol–water partition coefficient (Wildman–Crippen LogP) is 2.58. The molecule has 2 aromatic rings. The van der Waals surface area contributed by atoms with Crippen LogP contribution in [-0.2, 0) is 0 Å². The molecule has 0 aliphatic heterocycles. The van der Waals surface area contributed by atoms with Crippen LogP contribution < -0.4 is 10.1 Å². The van der Waals surface area contributed by atoms with Crippen molar-refractivity contribution in [3.05, 3.63) is 42.5 Å². The molecule has 0 spiro atoms. The van der Waals surface area contributed by atoms with Crippen molar-refractivity contribution < 1.29 is 18.1 Å². The number of nitrogens with one attached hydrogen (secondary N) is 1. The summed E-state index contributed by atoms with van der Waals surface area (Å²) in [5, 5.41) is 14.2. The normalized spacial score (nSPS) is 22.0. The van der Waals surface area contributed by atoms with Gasteiger partial charge in [-0.3, -0.25) is 0 Å². The lowest BCUT2D eigenvalue weighted by atomic mass is 10.1. The van der Waals surface area contributed by atoms with Crippen LogP contribution >= 0.6 is 0 Å². The van der Waals surface area contributed by atoms with Gasteiger partial charge in [-0.1, -0.05) is 50.2 Å². The Bertz CT molecular complexity index is 727. The Hall–Kier alpha value is -1.58. The average molecular weight is 265 g/mol. The van der Waals surface area contributed by atoms with Gasteiger partial charge in [0.2, 0.25) is 0 Å². The van der Waals surface area contributed by atoms with Gasteiger partial charge in [-0.25, -0.2) is 0 Å². The standard InChI is InChI=1S/C16H21NO2/c1-12(2)17-10-14(18)11-19-16-9-5-7-13-6-3-4-8-15(13)16/h3-9,12,14,17-18H,10-11H2,1-2H3/i1D3,11D2,14D. The number of hydrogen-bond donors (Lipinski definition) is 2. The summed E-state index contributed by atoms with van der Waals surface area (Å²) in [5.74, 6) is 0.192. The number of benzene rings is 2. The lowest BCUT2D eigenvalue weighted by Gasteiger charge is -2.15. The molecule has 3 heteroatoms. The van der Waals surface area contributed by atoms with E-state index in [-0.39, 0.29) is 5.75 Å². The highest BCUT2D eigenvalue weighted by Gasteiger charge is 2.07. The van der Waals surface area contributed by atoms with E-state index in [9.17, 15) is 5.11 Å². The molecule has 3 nitrogen and oxygen atoms in total. The van der Waals surface area contributed by atoms with Crippen molar-refractivity contribution in [2.24, 2.45) is 0 Å². The van der Waals surface area contributed by atoms with Gasteiger partial charge in [-0.05, 0) is 11.5 Å². The fourth-order valence-electron chi connectivity index (χ4n) is 1.68. The topological polar surface area (TPSA) is 41.5 Å². The lowest BCUT2D eigenvalue weighted by molar-refractivity contribution is 0.105. The molecule has 0 saturated carbocycles. The summed E-state index contributed by atoms with van der Waals surface area (Å²) in [6.45, 7) is -4.31. The van der Waals surface area contributed by atoms with Crippen molar-refractivity contribution in [2.45, 2.75) is 25.9 Å². The van der Waals surface area contributed by atoms with Gasteiger partial charge in [0.05, 0.1) is 4.11 Å². The van der Waals surface area contributed by atoms with Gasteiger partial charge in [-0.2, -0.15) is 0 Å².